The monoisotopic (exact) mass is 152 g/mol. The fourth-order valence-electron chi connectivity index (χ4n) is 1.03. The fraction of sp³-hybridized carbons (Fsp3) is 0.375. The Balaban J connectivity index is 3.09. The molecule has 0 aliphatic heterocycles. The molecule has 11 heavy (non-hydrogen) atoms. The van der Waals surface area contributed by atoms with E-state index in [9.17, 15) is 5.11 Å². The van der Waals surface area contributed by atoms with Crippen LogP contribution in [0, 0.1) is 6.92 Å². The number of anilines is 1. The van der Waals surface area contributed by atoms with E-state index in [1.54, 1.807) is 19.2 Å². The van der Waals surface area contributed by atoms with Gasteiger partial charge in [0.05, 0.1) is 6.10 Å². The fourth-order valence-corrected chi connectivity index (χ4v) is 1.03. The number of nitrogen functional groups attached to an aromatic ring is 1. The molecule has 0 amide bonds. The standard InChI is InChI=1S/C8H12N2O/c1-5-3-8(9)10-4-7(5)6(2)11/h3-4,6,11H,1-2H3,(H2,9,10). The van der Waals surface area contributed by atoms with Gasteiger partial charge in [-0.25, -0.2) is 4.98 Å². The Morgan fingerprint density at radius 2 is 2.27 bits per heavy atom. The van der Waals surface area contributed by atoms with E-state index < -0.39 is 6.10 Å². The van der Waals surface area contributed by atoms with Crippen molar-refractivity contribution in [2.75, 3.05) is 5.73 Å². The zero-order chi connectivity index (χ0) is 8.43. The number of aromatic nitrogens is 1. The topological polar surface area (TPSA) is 59.1 Å². The normalized spacial score (nSPS) is 13.0. The maximum Gasteiger partial charge on any atom is 0.123 e. The summed E-state index contributed by atoms with van der Waals surface area (Å²) in [5, 5.41) is 9.21. The van der Waals surface area contributed by atoms with Gasteiger partial charge in [-0.05, 0) is 25.5 Å². The summed E-state index contributed by atoms with van der Waals surface area (Å²) in [7, 11) is 0. The highest BCUT2D eigenvalue weighted by atomic mass is 16.3. The van der Waals surface area contributed by atoms with Crippen molar-refractivity contribution >= 4 is 5.82 Å². The summed E-state index contributed by atoms with van der Waals surface area (Å²) < 4.78 is 0. The van der Waals surface area contributed by atoms with Crippen LogP contribution in [0.1, 0.15) is 24.2 Å². The maximum absolute atomic E-state index is 9.21. The van der Waals surface area contributed by atoms with Crippen LogP contribution in [-0.4, -0.2) is 10.1 Å². The molecule has 0 aliphatic rings. The molecule has 0 fully saturated rings. The molecule has 0 aliphatic carbocycles. The molecule has 0 aromatic carbocycles. The smallest absolute Gasteiger partial charge is 0.123 e. The second kappa shape index (κ2) is 2.88. The number of nitrogens with zero attached hydrogens (tertiary/aromatic N) is 1. The number of aliphatic hydroxyl groups excluding tert-OH is 1. The van der Waals surface area contributed by atoms with Gasteiger partial charge in [0, 0.05) is 11.8 Å². The minimum absolute atomic E-state index is 0.469. The van der Waals surface area contributed by atoms with Crippen LogP contribution < -0.4 is 5.73 Å². The molecular weight excluding hydrogens is 140 g/mol. The van der Waals surface area contributed by atoms with Crippen molar-refractivity contribution in [1.82, 2.24) is 4.98 Å². The van der Waals surface area contributed by atoms with Crippen molar-refractivity contribution in [2.45, 2.75) is 20.0 Å². The van der Waals surface area contributed by atoms with E-state index in [2.05, 4.69) is 4.98 Å². The molecular formula is C8H12N2O. The van der Waals surface area contributed by atoms with E-state index in [-0.39, 0.29) is 0 Å². The summed E-state index contributed by atoms with van der Waals surface area (Å²) in [5.74, 6) is 0.493. The first-order valence-corrected chi connectivity index (χ1v) is 3.51. The summed E-state index contributed by atoms with van der Waals surface area (Å²) in [6, 6.07) is 1.75. The lowest BCUT2D eigenvalue weighted by atomic mass is 10.1. The van der Waals surface area contributed by atoms with E-state index in [4.69, 9.17) is 5.73 Å². The van der Waals surface area contributed by atoms with Crippen molar-refractivity contribution in [3.8, 4) is 0 Å². The van der Waals surface area contributed by atoms with Gasteiger partial charge in [0.1, 0.15) is 5.82 Å². The average molecular weight is 152 g/mol. The number of hydrogen-bond donors (Lipinski definition) is 2. The van der Waals surface area contributed by atoms with E-state index in [1.807, 2.05) is 6.92 Å². The second-order valence-electron chi connectivity index (χ2n) is 2.64. The highest BCUT2D eigenvalue weighted by molar-refractivity contribution is 5.36. The summed E-state index contributed by atoms with van der Waals surface area (Å²) in [5.41, 5.74) is 7.25. The van der Waals surface area contributed by atoms with Gasteiger partial charge in [-0.2, -0.15) is 0 Å². The van der Waals surface area contributed by atoms with Gasteiger partial charge >= 0.3 is 0 Å². The lowest BCUT2D eigenvalue weighted by Crippen LogP contribution is -1.98. The number of aliphatic hydroxyl groups is 1. The van der Waals surface area contributed by atoms with Crippen LogP contribution in [-0.2, 0) is 0 Å². The van der Waals surface area contributed by atoms with Crippen molar-refractivity contribution in [1.29, 1.82) is 0 Å². The Morgan fingerprint density at radius 3 is 2.73 bits per heavy atom. The van der Waals surface area contributed by atoms with Gasteiger partial charge in [0.25, 0.3) is 0 Å². The maximum atomic E-state index is 9.21. The number of rotatable bonds is 1. The molecule has 3 nitrogen and oxygen atoms in total. The molecule has 0 spiro atoms. The quantitative estimate of drug-likeness (QED) is 0.631. The number of aryl methyl sites for hydroxylation is 1. The molecule has 3 N–H and O–H groups in total. The Morgan fingerprint density at radius 1 is 1.64 bits per heavy atom. The first-order chi connectivity index (χ1) is 5.11. The predicted octanol–water partition coefficient (Wildman–Crippen LogP) is 1.03. The minimum atomic E-state index is -0.469. The van der Waals surface area contributed by atoms with Crippen LogP contribution in [0.5, 0.6) is 0 Å². The lowest BCUT2D eigenvalue weighted by Gasteiger charge is -2.07. The third-order valence-corrected chi connectivity index (χ3v) is 1.62. The van der Waals surface area contributed by atoms with Crippen molar-refractivity contribution in [3.63, 3.8) is 0 Å². The van der Waals surface area contributed by atoms with Crippen molar-refractivity contribution in [2.24, 2.45) is 0 Å². The molecule has 3 heteroatoms. The Bertz CT molecular complexity index is 258. The van der Waals surface area contributed by atoms with Gasteiger partial charge in [0.2, 0.25) is 0 Å². The van der Waals surface area contributed by atoms with Gasteiger partial charge in [-0.1, -0.05) is 0 Å². The zero-order valence-electron chi connectivity index (χ0n) is 6.70. The van der Waals surface area contributed by atoms with Crippen LogP contribution in [0.15, 0.2) is 12.3 Å². The van der Waals surface area contributed by atoms with Crippen LogP contribution in [0.3, 0.4) is 0 Å². The third-order valence-electron chi connectivity index (χ3n) is 1.62. The first kappa shape index (κ1) is 8.01. The molecule has 1 rings (SSSR count). The second-order valence-corrected chi connectivity index (χ2v) is 2.64. The molecule has 0 saturated carbocycles. The van der Waals surface area contributed by atoms with Crippen LogP contribution >= 0.6 is 0 Å². The van der Waals surface area contributed by atoms with Crippen molar-refractivity contribution in [3.05, 3.63) is 23.4 Å². The first-order valence-electron chi connectivity index (χ1n) is 3.51. The third kappa shape index (κ3) is 1.68. The molecule has 0 bridgehead atoms. The lowest BCUT2D eigenvalue weighted by molar-refractivity contribution is 0.198. The van der Waals surface area contributed by atoms with Gasteiger partial charge < -0.3 is 10.8 Å². The number of pyridine rings is 1. The molecule has 0 radical (unpaired) electrons. The zero-order valence-corrected chi connectivity index (χ0v) is 6.70. The highest BCUT2D eigenvalue weighted by Crippen LogP contribution is 2.16. The largest absolute Gasteiger partial charge is 0.389 e. The highest BCUT2D eigenvalue weighted by Gasteiger charge is 2.04. The Hall–Kier alpha value is -1.09. The summed E-state index contributed by atoms with van der Waals surface area (Å²) in [6.07, 6.45) is 1.14. The van der Waals surface area contributed by atoms with Gasteiger partial charge in [-0.15, -0.1) is 0 Å². The molecule has 60 valence electrons. The van der Waals surface area contributed by atoms with E-state index >= 15 is 0 Å². The van der Waals surface area contributed by atoms with Crippen LogP contribution in [0.4, 0.5) is 5.82 Å². The van der Waals surface area contributed by atoms with E-state index in [0.29, 0.717) is 5.82 Å². The number of nitrogens with two attached hydrogens (primary N) is 1. The van der Waals surface area contributed by atoms with Crippen LogP contribution in [0.2, 0.25) is 0 Å². The average Bonchev–Trinajstić information content (AvgIpc) is 1.85. The molecule has 1 aromatic rings. The SMILES string of the molecule is Cc1cc(N)ncc1C(C)O. The predicted molar refractivity (Wildman–Crippen MR) is 44.0 cm³/mol. The molecule has 1 unspecified atom stereocenters. The van der Waals surface area contributed by atoms with E-state index in [0.717, 1.165) is 11.1 Å². The molecule has 1 atom stereocenters. The molecule has 0 saturated heterocycles. The summed E-state index contributed by atoms with van der Waals surface area (Å²) in [4.78, 5) is 3.88. The van der Waals surface area contributed by atoms with Crippen LogP contribution in [0.25, 0.3) is 0 Å². The molecule has 1 aromatic heterocycles. The van der Waals surface area contributed by atoms with E-state index in [1.165, 1.54) is 0 Å². The number of hydrogen-bond acceptors (Lipinski definition) is 3. The Kier molecular flexibility index (Phi) is 2.10. The Labute approximate surface area is 65.9 Å². The minimum Gasteiger partial charge on any atom is -0.389 e. The van der Waals surface area contributed by atoms with Gasteiger partial charge in [-0.3, -0.25) is 0 Å². The van der Waals surface area contributed by atoms with Crippen molar-refractivity contribution < 1.29 is 5.11 Å². The summed E-state index contributed by atoms with van der Waals surface area (Å²) in [6.45, 7) is 3.61. The summed E-state index contributed by atoms with van der Waals surface area (Å²) >= 11 is 0. The van der Waals surface area contributed by atoms with Gasteiger partial charge in [0.15, 0.2) is 0 Å². The molecule has 1 heterocycles.